The molecule has 88 valence electrons. The standard InChI is InChI=1S/C13H14N2O2/c1-2-17-13(16)9-7-8-15-11-6-4-3-5-10(11)14-12(9)15/h3-6,14H,2,7-8H2,1H3. The first-order valence-electron chi connectivity index (χ1n) is 5.85. The van der Waals surface area contributed by atoms with Gasteiger partial charge in [-0.25, -0.2) is 4.79 Å². The molecule has 1 N–H and O–H groups in total. The lowest BCUT2D eigenvalue weighted by Crippen LogP contribution is -2.16. The second-order valence-corrected chi connectivity index (χ2v) is 4.09. The summed E-state index contributed by atoms with van der Waals surface area (Å²) < 4.78 is 5.07. The van der Waals surface area contributed by atoms with Crippen LogP contribution >= 0.6 is 0 Å². The van der Waals surface area contributed by atoms with Crippen molar-refractivity contribution in [1.82, 2.24) is 0 Å². The minimum Gasteiger partial charge on any atom is -0.463 e. The molecule has 4 nitrogen and oxygen atoms in total. The summed E-state index contributed by atoms with van der Waals surface area (Å²) >= 11 is 0. The second-order valence-electron chi connectivity index (χ2n) is 4.09. The van der Waals surface area contributed by atoms with Gasteiger partial charge < -0.3 is 15.0 Å². The molecule has 0 fully saturated rings. The molecule has 2 aliphatic heterocycles. The van der Waals surface area contributed by atoms with Crippen molar-refractivity contribution in [1.29, 1.82) is 0 Å². The van der Waals surface area contributed by atoms with E-state index in [4.69, 9.17) is 4.74 Å². The van der Waals surface area contributed by atoms with Gasteiger partial charge in [-0.1, -0.05) is 12.1 Å². The number of carbonyl (C=O) groups excluding carboxylic acids is 1. The van der Waals surface area contributed by atoms with Crippen LogP contribution in [0.5, 0.6) is 0 Å². The summed E-state index contributed by atoms with van der Waals surface area (Å²) in [6.07, 6.45) is 0.746. The average Bonchev–Trinajstić information content (AvgIpc) is 2.87. The van der Waals surface area contributed by atoms with Crippen LogP contribution in [0.25, 0.3) is 0 Å². The Morgan fingerprint density at radius 2 is 2.29 bits per heavy atom. The van der Waals surface area contributed by atoms with Crippen LogP contribution < -0.4 is 10.2 Å². The van der Waals surface area contributed by atoms with Gasteiger partial charge in [0.15, 0.2) is 0 Å². The van der Waals surface area contributed by atoms with Gasteiger partial charge in [0.05, 0.1) is 23.6 Å². The Bertz CT molecular complexity index is 508. The number of benzene rings is 1. The summed E-state index contributed by atoms with van der Waals surface area (Å²) in [7, 11) is 0. The normalized spacial score (nSPS) is 16.6. The number of fused-ring (bicyclic) bond motifs is 3. The van der Waals surface area contributed by atoms with Crippen molar-refractivity contribution in [2.75, 3.05) is 23.4 Å². The fourth-order valence-corrected chi connectivity index (χ4v) is 2.36. The van der Waals surface area contributed by atoms with Crippen molar-refractivity contribution in [2.45, 2.75) is 13.3 Å². The van der Waals surface area contributed by atoms with Gasteiger partial charge in [-0.05, 0) is 19.1 Å². The molecule has 2 aliphatic rings. The molecule has 0 spiro atoms. The molecule has 2 heterocycles. The van der Waals surface area contributed by atoms with Crippen LogP contribution in [0.2, 0.25) is 0 Å². The summed E-state index contributed by atoms with van der Waals surface area (Å²) in [5.41, 5.74) is 2.95. The minimum atomic E-state index is -0.203. The lowest BCUT2D eigenvalue weighted by molar-refractivity contribution is -0.138. The molecule has 0 saturated carbocycles. The lowest BCUT2D eigenvalue weighted by Gasteiger charge is -2.12. The fourth-order valence-electron chi connectivity index (χ4n) is 2.36. The van der Waals surface area contributed by atoms with E-state index in [9.17, 15) is 4.79 Å². The molecule has 0 unspecified atom stereocenters. The molecule has 0 atom stereocenters. The second kappa shape index (κ2) is 3.80. The van der Waals surface area contributed by atoms with E-state index in [0.29, 0.717) is 6.61 Å². The molecule has 17 heavy (non-hydrogen) atoms. The molecule has 0 bridgehead atoms. The Morgan fingerprint density at radius 3 is 3.12 bits per heavy atom. The minimum absolute atomic E-state index is 0.203. The van der Waals surface area contributed by atoms with E-state index in [1.165, 1.54) is 0 Å². The summed E-state index contributed by atoms with van der Waals surface area (Å²) in [5.74, 6) is 0.690. The Hall–Kier alpha value is -1.97. The maximum Gasteiger partial charge on any atom is 0.337 e. The summed E-state index contributed by atoms with van der Waals surface area (Å²) in [6.45, 7) is 3.09. The maximum atomic E-state index is 11.8. The van der Waals surface area contributed by atoms with Crippen molar-refractivity contribution >= 4 is 17.3 Å². The Balaban J connectivity index is 1.96. The van der Waals surface area contributed by atoms with Crippen LogP contribution in [0.3, 0.4) is 0 Å². The molecule has 1 aromatic carbocycles. The number of esters is 1. The topological polar surface area (TPSA) is 41.6 Å². The van der Waals surface area contributed by atoms with Crippen molar-refractivity contribution in [3.63, 3.8) is 0 Å². The lowest BCUT2D eigenvalue weighted by atomic mass is 10.2. The molecule has 3 rings (SSSR count). The van der Waals surface area contributed by atoms with Gasteiger partial charge in [0.1, 0.15) is 5.82 Å². The zero-order chi connectivity index (χ0) is 11.8. The van der Waals surface area contributed by atoms with E-state index in [0.717, 1.165) is 35.7 Å². The third kappa shape index (κ3) is 1.48. The summed E-state index contributed by atoms with van der Waals surface area (Å²) in [4.78, 5) is 13.9. The maximum absolute atomic E-state index is 11.8. The molecule has 1 aromatic rings. The van der Waals surface area contributed by atoms with Crippen molar-refractivity contribution < 1.29 is 9.53 Å². The van der Waals surface area contributed by atoms with Gasteiger partial charge in [-0.2, -0.15) is 0 Å². The number of nitrogens with one attached hydrogen (secondary N) is 1. The van der Waals surface area contributed by atoms with Crippen molar-refractivity contribution in [3.05, 3.63) is 35.7 Å². The van der Waals surface area contributed by atoms with Crippen LogP contribution in [-0.2, 0) is 9.53 Å². The molecule has 0 aliphatic carbocycles. The molecule has 0 amide bonds. The van der Waals surface area contributed by atoms with E-state index in [2.05, 4.69) is 16.3 Å². The first-order chi connectivity index (χ1) is 8.31. The van der Waals surface area contributed by atoms with Gasteiger partial charge in [-0.3, -0.25) is 0 Å². The van der Waals surface area contributed by atoms with Gasteiger partial charge in [0.25, 0.3) is 0 Å². The number of nitrogens with zero attached hydrogens (tertiary/aromatic N) is 1. The third-order valence-corrected chi connectivity index (χ3v) is 3.11. The highest BCUT2D eigenvalue weighted by molar-refractivity contribution is 5.95. The molecule has 0 aromatic heterocycles. The SMILES string of the molecule is CCOC(=O)C1=C2Nc3ccccc3N2CC1. The number of hydrogen-bond acceptors (Lipinski definition) is 4. The highest BCUT2D eigenvalue weighted by Gasteiger charge is 2.34. The predicted molar refractivity (Wildman–Crippen MR) is 65.7 cm³/mol. The number of hydrogen-bond donors (Lipinski definition) is 1. The largest absolute Gasteiger partial charge is 0.463 e. The van der Waals surface area contributed by atoms with Crippen LogP contribution in [-0.4, -0.2) is 19.1 Å². The smallest absolute Gasteiger partial charge is 0.337 e. The molecule has 0 saturated heterocycles. The van der Waals surface area contributed by atoms with Gasteiger partial charge in [0.2, 0.25) is 0 Å². The third-order valence-electron chi connectivity index (χ3n) is 3.11. The van der Waals surface area contributed by atoms with Gasteiger partial charge in [0, 0.05) is 13.0 Å². The number of ether oxygens (including phenoxy) is 1. The molecule has 0 radical (unpaired) electrons. The number of para-hydroxylation sites is 2. The van der Waals surface area contributed by atoms with Crippen molar-refractivity contribution in [2.24, 2.45) is 0 Å². The first-order valence-corrected chi connectivity index (χ1v) is 5.85. The highest BCUT2D eigenvalue weighted by atomic mass is 16.5. The van der Waals surface area contributed by atoms with Crippen LogP contribution in [0, 0.1) is 0 Å². The number of anilines is 2. The van der Waals surface area contributed by atoms with E-state index in [1.807, 2.05) is 25.1 Å². The van der Waals surface area contributed by atoms with Crippen LogP contribution in [0.1, 0.15) is 13.3 Å². The van der Waals surface area contributed by atoms with E-state index >= 15 is 0 Å². The van der Waals surface area contributed by atoms with Gasteiger partial charge >= 0.3 is 5.97 Å². The highest BCUT2D eigenvalue weighted by Crippen LogP contribution is 2.41. The summed E-state index contributed by atoms with van der Waals surface area (Å²) in [6, 6.07) is 8.07. The fraction of sp³-hybridized carbons (Fsp3) is 0.308. The molecular weight excluding hydrogens is 216 g/mol. The van der Waals surface area contributed by atoms with Crippen LogP contribution in [0.15, 0.2) is 35.7 Å². The van der Waals surface area contributed by atoms with Crippen LogP contribution in [0.4, 0.5) is 11.4 Å². The number of carbonyl (C=O) groups is 1. The monoisotopic (exact) mass is 230 g/mol. The predicted octanol–water partition coefficient (Wildman–Crippen LogP) is 2.10. The van der Waals surface area contributed by atoms with E-state index in [1.54, 1.807) is 0 Å². The summed E-state index contributed by atoms with van der Waals surface area (Å²) in [5, 5.41) is 3.29. The molecular formula is C13H14N2O2. The number of rotatable bonds is 2. The average molecular weight is 230 g/mol. The van der Waals surface area contributed by atoms with Gasteiger partial charge in [-0.15, -0.1) is 0 Å². The molecule has 4 heteroatoms. The quantitative estimate of drug-likeness (QED) is 0.790. The Morgan fingerprint density at radius 1 is 1.47 bits per heavy atom. The zero-order valence-electron chi connectivity index (χ0n) is 9.69. The van der Waals surface area contributed by atoms with E-state index < -0.39 is 0 Å². The Kier molecular flexibility index (Phi) is 2.28. The Labute approximate surface area is 99.9 Å². The van der Waals surface area contributed by atoms with E-state index in [-0.39, 0.29) is 5.97 Å². The first kappa shape index (κ1) is 10.2. The zero-order valence-corrected chi connectivity index (χ0v) is 9.69. The van der Waals surface area contributed by atoms with Crippen molar-refractivity contribution in [3.8, 4) is 0 Å².